The highest BCUT2D eigenvalue weighted by molar-refractivity contribution is 5.91. The van der Waals surface area contributed by atoms with Gasteiger partial charge in [0.15, 0.2) is 17.5 Å². The van der Waals surface area contributed by atoms with Crippen LogP contribution >= 0.6 is 0 Å². The standard InChI is InChI=1S/C60H47N3/c1-59(2)52-19-11-10-18-48(52)50-38-55-51(37-54(50)59)49-36-47(32-33-53(49)60(55)34-12-5-13-35-60)43-22-20-41(21-23-43)42-26-30-46(31-27-42)58-62-56(44-16-8-4-9-17-44)61-57(63-58)45-28-24-40(25-29-45)39-14-6-3-7-15-39/h3-4,6-11,14-33,36-38H,5,12-13,34-35H2,1-2H3. The van der Waals surface area contributed by atoms with E-state index in [1.165, 1.54) is 93.3 Å². The minimum atomic E-state index is -0.0235. The predicted molar refractivity (Wildman–Crippen MR) is 259 cm³/mol. The molecule has 3 heteroatoms. The van der Waals surface area contributed by atoms with Gasteiger partial charge in [-0.2, -0.15) is 0 Å². The smallest absolute Gasteiger partial charge is 0.164 e. The summed E-state index contributed by atoms with van der Waals surface area (Å²) in [6.07, 6.45) is 6.37. The van der Waals surface area contributed by atoms with Crippen molar-refractivity contribution in [2.45, 2.75) is 56.8 Å². The Balaban J connectivity index is 0.855. The van der Waals surface area contributed by atoms with Crippen molar-refractivity contribution in [2.75, 3.05) is 0 Å². The molecule has 0 saturated heterocycles. The van der Waals surface area contributed by atoms with Gasteiger partial charge in [-0.15, -0.1) is 0 Å². The van der Waals surface area contributed by atoms with Gasteiger partial charge in [0, 0.05) is 27.5 Å². The zero-order chi connectivity index (χ0) is 42.1. The van der Waals surface area contributed by atoms with Crippen molar-refractivity contribution in [3.05, 3.63) is 210 Å². The number of fused-ring (bicyclic) bond motifs is 8. The molecule has 302 valence electrons. The third-order valence-electron chi connectivity index (χ3n) is 14.4. The summed E-state index contributed by atoms with van der Waals surface area (Å²) in [7, 11) is 0. The lowest BCUT2D eigenvalue weighted by Crippen LogP contribution is -2.28. The number of rotatable bonds is 6. The van der Waals surface area contributed by atoms with Crippen LogP contribution in [0.2, 0.25) is 0 Å². The monoisotopic (exact) mass is 809 g/mol. The summed E-state index contributed by atoms with van der Waals surface area (Å²) in [5, 5.41) is 0. The molecule has 1 aromatic heterocycles. The molecule has 1 fully saturated rings. The molecule has 9 aromatic rings. The second-order valence-electron chi connectivity index (χ2n) is 18.3. The minimum Gasteiger partial charge on any atom is -0.208 e. The Morgan fingerprint density at radius 2 is 0.698 bits per heavy atom. The molecule has 12 rings (SSSR count). The van der Waals surface area contributed by atoms with E-state index in [1.54, 1.807) is 5.56 Å². The summed E-state index contributed by atoms with van der Waals surface area (Å²) >= 11 is 0. The van der Waals surface area contributed by atoms with E-state index in [-0.39, 0.29) is 10.8 Å². The van der Waals surface area contributed by atoms with Crippen molar-refractivity contribution < 1.29 is 0 Å². The molecule has 0 atom stereocenters. The Kier molecular flexibility index (Phi) is 8.76. The highest BCUT2D eigenvalue weighted by Crippen LogP contribution is 2.60. The molecule has 8 aromatic carbocycles. The second-order valence-corrected chi connectivity index (χ2v) is 18.3. The summed E-state index contributed by atoms with van der Waals surface area (Å²) in [6, 6.07) is 68.4. The molecule has 3 aliphatic rings. The van der Waals surface area contributed by atoms with E-state index in [1.807, 2.05) is 36.4 Å². The first-order chi connectivity index (χ1) is 30.9. The molecular weight excluding hydrogens is 763 g/mol. The fourth-order valence-electron chi connectivity index (χ4n) is 11.0. The van der Waals surface area contributed by atoms with Crippen LogP contribution in [0.15, 0.2) is 188 Å². The van der Waals surface area contributed by atoms with E-state index >= 15 is 0 Å². The zero-order valence-electron chi connectivity index (χ0n) is 35.8. The fourth-order valence-corrected chi connectivity index (χ4v) is 11.0. The van der Waals surface area contributed by atoms with Gasteiger partial charge in [0.1, 0.15) is 0 Å². The van der Waals surface area contributed by atoms with Gasteiger partial charge in [-0.1, -0.05) is 203 Å². The zero-order valence-corrected chi connectivity index (χ0v) is 35.8. The second kappa shape index (κ2) is 14.7. The van der Waals surface area contributed by atoms with E-state index in [9.17, 15) is 0 Å². The molecule has 1 spiro atoms. The van der Waals surface area contributed by atoms with Gasteiger partial charge in [-0.05, 0) is 109 Å². The van der Waals surface area contributed by atoms with Crippen molar-refractivity contribution in [3.8, 4) is 89.8 Å². The number of benzene rings is 8. The third kappa shape index (κ3) is 6.21. The van der Waals surface area contributed by atoms with E-state index in [4.69, 9.17) is 15.0 Å². The lowest BCUT2D eigenvalue weighted by Gasteiger charge is -2.36. The molecule has 0 N–H and O–H groups in total. The molecule has 1 heterocycles. The van der Waals surface area contributed by atoms with Crippen LogP contribution in [0.25, 0.3) is 89.8 Å². The molecule has 0 radical (unpaired) electrons. The van der Waals surface area contributed by atoms with Gasteiger partial charge < -0.3 is 0 Å². The highest BCUT2D eigenvalue weighted by atomic mass is 15.0. The van der Waals surface area contributed by atoms with Gasteiger partial charge in [0.05, 0.1) is 0 Å². The first-order valence-electron chi connectivity index (χ1n) is 22.6. The first kappa shape index (κ1) is 37.5. The van der Waals surface area contributed by atoms with Gasteiger partial charge in [0.25, 0.3) is 0 Å². The van der Waals surface area contributed by atoms with Gasteiger partial charge >= 0.3 is 0 Å². The number of hydrogen-bond donors (Lipinski definition) is 0. The third-order valence-corrected chi connectivity index (χ3v) is 14.4. The van der Waals surface area contributed by atoms with Crippen molar-refractivity contribution in [2.24, 2.45) is 0 Å². The molecule has 0 amide bonds. The minimum absolute atomic E-state index is 0.0235. The molecule has 0 bridgehead atoms. The van der Waals surface area contributed by atoms with Gasteiger partial charge in [-0.25, -0.2) is 15.0 Å². The lowest BCUT2D eigenvalue weighted by atomic mass is 9.67. The molecule has 3 aliphatic carbocycles. The van der Waals surface area contributed by atoms with Crippen LogP contribution in [0.5, 0.6) is 0 Å². The maximum absolute atomic E-state index is 5.03. The van der Waals surface area contributed by atoms with Crippen LogP contribution < -0.4 is 0 Å². The van der Waals surface area contributed by atoms with Crippen molar-refractivity contribution in [1.82, 2.24) is 15.0 Å². The van der Waals surface area contributed by atoms with Crippen molar-refractivity contribution in [1.29, 1.82) is 0 Å². The van der Waals surface area contributed by atoms with E-state index in [2.05, 4.69) is 166 Å². The maximum Gasteiger partial charge on any atom is 0.164 e. The molecular formula is C60H47N3. The molecule has 63 heavy (non-hydrogen) atoms. The average Bonchev–Trinajstić information content (AvgIpc) is 3.74. The number of nitrogens with zero attached hydrogens (tertiary/aromatic N) is 3. The predicted octanol–water partition coefficient (Wildman–Crippen LogP) is 15.4. The van der Waals surface area contributed by atoms with Crippen LogP contribution in [-0.4, -0.2) is 15.0 Å². The van der Waals surface area contributed by atoms with Crippen LogP contribution in [0.3, 0.4) is 0 Å². The molecule has 0 unspecified atom stereocenters. The summed E-state index contributed by atoms with van der Waals surface area (Å²) in [5.74, 6) is 1.96. The summed E-state index contributed by atoms with van der Waals surface area (Å²) < 4.78 is 0. The summed E-state index contributed by atoms with van der Waals surface area (Å²) in [6.45, 7) is 4.80. The van der Waals surface area contributed by atoms with Crippen molar-refractivity contribution in [3.63, 3.8) is 0 Å². The number of hydrogen-bond acceptors (Lipinski definition) is 3. The van der Waals surface area contributed by atoms with Crippen LogP contribution in [0, 0.1) is 0 Å². The van der Waals surface area contributed by atoms with Crippen LogP contribution in [0.4, 0.5) is 0 Å². The largest absolute Gasteiger partial charge is 0.208 e. The topological polar surface area (TPSA) is 38.7 Å². The first-order valence-corrected chi connectivity index (χ1v) is 22.6. The number of aromatic nitrogens is 3. The highest BCUT2D eigenvalue weighted by Gasteiger charge is 2.46. The maximum atomic E-state index is 5.03. The van der Waals surface area contributed by atoms with E-state index < -0.39 is 0 Å². The molecule has 1 saturated carbocycles. The lowest BCUT2D eigenvalue weighted by molar-refractivity contribution is 0.353. The van der Waals surface area contributed by atoms with Crippen LogP contribution in [0.1, 0.15) is 68.2 Å². The molecule has 0 aliphatic heterocycles. The normalized spacial score (nSPS) is 15.1. The van der Waals surface area contributed by atoms with Gasteiger partial charge in [0.2, 0.25) is 0 Å². The molecule has 3 nitrogen and oxygen atoms in total. The van der Waals surface area contributed by atoms with E-state index in [0.717, 1.165) is 27.8 Å². The Bertz CT molecular complexity index is 3180. The summed E-state index contributed by atoms with van der Waals surface area (Å²) in [5.41, 5.74) is 21.9. The van der Waals surface area contributed by atoms with Crippen LogP contribution in [-0.2, 0) is 10.8 Å². The Morgan fingerprint density at radius 3 is 1.27 bits per heavy atom. The summed E-state index contributed by atoms with van der Waals surface area (Å²) in [4.78, 5) is 15.0. The fraction of sp³-hybridized carbons (Fsp3) is 0.150. The average molecular weight is 810 g/mol. The quantitative estimate of drug-likeness (QED) is 0.168. The van der Waals surface area contributed by atoms with E-state index in [0.29, 0.717) is 17.5 Å². The Labute approximate surface area is 370 Å². The Hall–Kier alpha value is -7.23. The Morgan fingerprint density at radius 1 is 0.302 bits per heavy atom. The van der Waals surface area contributed by atoms with Gasteiger partial charge in [-0.3, -0.25) is 0 Å². The van der Waals surface area contributed by atoms with Crippen molar-refractivity contribution >= 4 is 0 Å². The SMILES string of the molecule is CC1(C)c2ccccc2-c2cc3c(cc21)-c1cc(-c2ccc(-c4ccc(-c5nc(-c6ccccc6)nc(-c6ccc(-c7ccccc7)cc6)n5)cc4)cc2)ccc1C31CCCCC1.